The van der Waals surface area contributed by atoms with Gasteiger partial charge in [0.1, 0.15) is 5.76 Å². The quantitative estimate of drug-likeness (QED) is 0.853. The average molecular weight is 291 g/mol. The van der Waals surface area contributed by atoms with Gasteiger partial charge in [-0.05, 0) is 12.8 Å². The van der Waals surface area contributed by atoms with Crippen LogP contribution < -0.4 is 0 Å². The van der Waals surface area contributed by atoms with Crippen LogP contribution in [0.15, 0.2) is 10.6 Å². The number of carbonyl (C=O) groups is 1. The molecule has 2 aliphatic rings. The maximum Gasteiger partial charge on any atom is 0.225 e. The van der Waals surface area contributed by atoms with E-state index < -0.39 is 0 Å². The van der Waals surface area contributed by atoms with Crippen LogP contribution in [-0.4, -0.2) is 47.0 Å². The summed E-state index contributed by atoms with van der Waals surface area (Å²) in [5.74, 6) is 2.03. The molecular weight excluding hydrogens is 266 g/mol. The molecule has 1 aliphatic carbocycles. The third kappa shape index (κ3) is 3.28. The van der Waals surface area contributed by atoms with Gasteiger partial charge in [-0.3, -0.25) is 9.69 Å². The number of hydrogen-bond acceptors (Lipinski definition) is 4. The second-order valence-electron chi connectivity index (χ2n) is 6.60. The maximum atomic E-state index is 12.2. The Balaban J connectivity index is 1.47. The Hall–Kier alpha value is -1.36. The van der Waals surface area contributed by atoms with Crippen LogP contribution in [0.1, 0.15) is 50.5 Å². The summed E-state index contributed by atoms with van der Waals surface area (Å²) >= 11 is 0. The van der Waals surface area contributed by atoms with Crippen LogP contribution in [0.5, 0.6) is 0 Å². The molecule has 116 valence electrons. The summed E-state index contributed by atoms with van der Waals surface area (Å²) in [7, 11) is 0. The van der Waals surface area contributed by atoms with E-state index in [4.69, 9.17) is 4.52 Å². The van der Waals surface area contributed by atoms with Gasteiger partial charge in [0, 0.05) is 50.6 Å². The number of carbonyl (C=O) groups excluding carboxylic acids is 1. The summed E-state index contributed by atoms with van der Waals surface area (Å²) in [6.45, 7) is 8.60. The van der Waals surface area contributed by atoms with Crippen LogP contribution >= 0.6 is 0 Å². The maximum absolute atomic E-state index is 12.2. The molecule has 0 spiro atoms. The molecule has 5 nitrogen and oxygen atoms in total. The highest BCUT2D eigenvalue weighted by atomic mass is 16.5. The van der Waals surface area contributed by atoms with Gasteiger partial charge in [0.15, 0.2) is 0 Å². The van der Waals surface area contributed by atoms with Crippen molar-refractivity contribution in [2.24, 2.45) is 5.92 Å². The van der Waals surface area contributed by atoms with Gasteiger partial charge in [0.05, 0.1) is 5.69 Å². The SMILES string of the molecule is CC(C)c1cc(CN2CCN(C(=O)C3CCC3)CC2)no1. The number of nitrogens with zero attached hydrogens (tertiary/aromatic N) is 3. The zero-order chi connectivity index (χ0) is 14.8. The van der Waals surface area contributed by atoms with E-state index in [1.807, 2.05) is 4.90 Å². The van der Waals surface area contributed by atoms with Crippen molar-refractivity contribution in [1.29, 1.82) is 0 Å². The van der Waals surface area contributed by atoms with Gasteiger partial charge in [-0.1, -0.05) is 25.4 Å². The molecule has 1 saturated carbocycles. The highest BCUT2D eigenvalue weighted by molar-refractivity contribution is 5.79. The van der Waals surface area contributed by atoms with E-state index in [9.17, 15) is 4.79 Å². The average Bonchev–Trinajstić information content (AvgIpc) is 2.86. The Morgan fingerprint density at radius 2 is 2.05 bits per heavy atom. The molecule has 0 unspecified atom stereocenters. The van der Waals surface area contributed by atoms with Crippen molar-refractivity contribution in [3.05, 3.63) is 17.5 Å². The highest BCUT2D eigenvalue weighted by Gasteiger charge is 2.31. The molecule has 21 heavy (non-hydrogen) atoms. The molecule has 1 aromatic heterocycles. The fourth-order valence-electron chi connectivity index (χ4n) is 2.94. The van der Waals surface area contributed by atoms with Crippen LogP contribution in [0.2, 0.25) is 0 Å². The normalized spacial score (nSPS) is 20.8. The van der Waals surface area contributed by atoms with Gasteiger partial charge in [-0.2, -0.15) is 0 Å². The zero-order valence-electron chi connectivity index (χ0n) is 13.0. The summed E-state index contributed by atoms with van der Waals surface area (Å²) in [4.78, 5) is 16.6. The molecule has 0 radical (unpaired) electrons. The summed E-state index contributed by atoms with van der Waals surface area (Å²) in [6, 6.07) is 2.05. The van der Waals surface area contributed by atoms with Gasteiger partial charge >= 0.3 is 0 Å². The minimum absolute atomic E-state index is 0.320. The molecule has 5 heteroatoms. The lowest BCUT2D eigenvalue weighted by Crippen LogP contribution is -2.50. The minimum Gasteiger partial charge on any atom is -0.361 e. The first kappa shape index (κ1) is 14.6. The first-order chi connectivity index (χ1) is 10.1. The largest absolute Gasteiger partial charge is 0.361 e. The molecule has 1 saturated heterocycles. The van der Waals surface area contributed by atoms with Gasteiger partial charge < -0.3 is 9.42 Å². The van der Waals surface area contributed by atoms with Gasteiger partial charge in [-0.15, -0.1) is 0 Å². The molecule has 0 aromatic carbocycles. The van der Waals surface area contributed by atoms with Crippen molar-refractivity contribution in [1.82, 2.24) is 15.0 Å². The number of rotatable bonds is 4. The van der Waals surface area contributed by atoms with Crippen LogP contribution in [0.3, 0.4) is 0 Å². The number of aromatic nitrogens is 1. The summed E-state index contributed by atoms with van der Waals surface area (Å²) in [5, 5.41) is 4.14. The lowest BCUT2D eigenvalue weighted by molar-refractivity contribution is -0.140. The lowest BCUT2D eigenvalue weighted by Gasteiger charge is -2.37. The van der Waals surface area contributed by atoms with E-state index in [1.54, 1.807) is 0 Å². The number of amides is 1. The third-order valence-electron chi connectivity index (χ3n) is 4.67. The van der Waals surface area contributed by atoms with Crippen molar-refractivity contribution in [2.45, 2.75) is 45.6 Å². The first-order valence-electron chi connectivity index (χ1n) is 8.10. The smallest absolute Gasteiger partial charge is 0.225 e. The Kier molecular flexibility index (Phi) is 4.29. The van der Waals surface area contributed by atoms with E-state index in [2.05, 4.69) is 30.0 Å². The molecule has 1 amide bonds. The minimum atomic E-state index is 0.320. The molecule has 3 rings (SSSR count). The van der Waals surface area contributed by atoms with Crippen LogP contribution in [0, 0.1) is 5.92 Å². The molecule has 0 bridgehead atoms. The third-order valence-corrected chi connectivity index (χ3v) is 4.67. The van der Waals surface area contributed by atoms with Crippen molar-refractivity contribution in [3.63, 3.8) is 0 Å². The number of piperazine rings is 1. The summed E-state index contributed by atoms with van der Waals surface area (Å²) in [6.07, 6.45) is 3.41. The molecule has 2 heterocycles. The second kappa shape index (κ2) is 6.18. The molecular formula is C16H25N3O2. The predicted molar refractivity (Wildman–Crippen MR) is 79.8 cm³/mol. The summed E-state index contributed by atoms with van der Waals surface area (Å²) < 4.78 is 5.34. The van der Waals surface area contributed by atoms with E-state index in [-0.39, 0.29) is 0 Å². The Morgan fingerprint density at radius 3 is 2.57 bits per heavy atom. The van der Waals surface area contributed by atoms with E-state index in [1.165, 1.54) is 6.42 Å². The van der Waals surface area contributed by atoms with E-state index in [0.29, 0.717) is 17.7 Å². The zero-order valence-corrected chi connectivity index (χ0v) is 13.0. The number of hydrogen-bond donors (Lipinski definition) is 0. The second-order valence-corrected chi connectivity index (χ2v) is 6.60. The lowest BCUT2D eigenvalue weighted by atomic mass is 9.84. The Labute approximate surface area is 126 Å². The fraction of sp³-hybridized carbons (Fsp3) is 0.750. The fourth-order valence-corrected chi connectivity index (χ4v) is 2.94. The van der Waals surface area contributed by atoms with Crippen molar-refractivity contribution in [2.75, 3.05) is 26.2 Å². The standard InChI is InChI=1S/C16H25N3O2/c1-12(2)15-10-14(17-21-15)11-18-6-8-19(9-7-18)16(20)13-4-3-5-13/h10,12-13H,3-9,11H2,1-2H3. The molecule has 0 atom stereocenters. The topological polar surface area (TPSA) is 49.6 Å². The molecule has 0 N–H and O–H groups in total. The van der Waals surface area contributed by atoms with Crippen LogP contribution in [-0.2, 0) is 11.3 Å². The highest BCUT2D eigenvalue weighted by Crippen LogP contribution is 2.28. The van der Waals surface area contributed by atoms with E-state index >= 15 is 0 Å². The predicted octanol–water partition coefficient (Wildman–Crippen LogP) is 2.24. The van der Waals surface area contributed by atoms with E-state index in [0.717, 1.165) is 57.0 Å². The summed E-state index contributed by atoms with van der Waals surface area (Å²) in [5.41, 5.74) is 0.998. The monoisotopic (exact) mass is 291 g/mol. The molecule has 2 fully saturated rings. The van der Waals surface area contributed by atoms with Gasteiger partial charge in [-0.25, -0.2) is 0 Å². The first-order valence-corrected chi connectivity index (χ1v) is 8.10. The van der Waals surface area contributed by atoms with Crippen molar-refractivity contribution in [3.8, 4) is 0 Å². The Morgan fingerprint density at radius 1 is 1.33 bits per heavy atom. The van der Waals surface area contributed by atoms with Crippen LogP contribution in [0.25, 0.3) is 0 Å². The van der Waals surface area contributed by atoms with Crippen molar-refractivity contribution >= 4 is 5.91 Å². The molecule has 1 aliphatic heterocycles. The van der Waals surface area contributed by atoms with Crippen LogP contribution in [0.4, 0.5) is 0 Å². The van der Waals surface area contributed by atoms with Gasteiger partial charge in [0.25, 0.3) is 0 Å². The van der Waals surface area contributed by atoms with Crippen molar-refractivity contribution < 1.29 is 9.32 Å². The Bertz CT molecular complexity index is 485. The molecule has 1 aromatic rings. The van der Waals surface area contributed by atoms with Gasteiger partial charge in [0.2, 0.25) is 5.91 Å².